The number of benzene rings is 3. The van der Waals surface area contributed by atoms with Crippen molar-refractivity contribution in [1.29, 1.82) is 0 Å². The molecule has 0 saturated carbocycles. The third kappa shape index (κ3) is 3.81. The van der Waals surface area contributed by atoms with E-state index < -0.39 is 11.0 Å². The maximum absolute atomic E-state index is 10.8. The van der Waals surface area contributed by atoms with E-state index in [9.17, 15) is 20.3 Å². The number of rotatable bonds is 5. The molecule has 0 saturated heterocycles. The number of fused-ring (bicyclic) bond motifs is 1. The van der Waals surface area contributed by atoms with Crippen molar-refractivity contribution in [3.63, 3.8) is 0 Å². The minimum Gasteiger partial charge on any atom is -0.507 e. The number of phenolic OH excluding ortho intramolecular Hbond substituents is 1. The second kappa shape index (κ2) is 7.11. The van der Waals surface area contributed by atoms with E-state index in [0.29, 0.717) is 0 Å². The lowest BCUT2D eigenvalue weighted by atomic mass is 10.0. The fourth-order valence-corrected chi connectivity index (χ4v) is 2.53. The minimum absolute atomic E-state index is 0.0838. The van der Waals surface area contributed by atoms with Crippen LogP contribution in [0.3, 0.4) is 0 Å². The molecule has 2 N–H and O–H groups in total. The highest BCUT2D eigenvalue weighted by Gasteiger charge is 2.10. The van der Waals surface area contributed by atoms with Gasteiger partial charge in [0, 0.05) is 23.9 Å². The van der Waals surface area contributed by atoms with Crippen molar-refractivity contribution in [3.05, 3.63) is 81.9 Å². The summed E-state index contributed by atoms with van der Waals surface area (Å²) in [6.07, 6.45) is 0.522. The molecule has 0 aromatic heterocycles. The molecule has 25 heavy (non-hydrogen) atoms. The van der Waals surface area contributed by atoms with Crippen LogP contribution in [-0.2, 0) is 0 Å². The molecule has 6 heteroatoms. The fraction of sp³-hybridized carbons (Fsp3) is 0.105. The Bertz CT molecular complexity index is 953. The summed E-state index contributed by atoms with van der Waals surface area (Å²) in [6.45, 7) is 0.0838. The standard InChI is InChI=1S/C19H16N2O4/c22-18-8-7-17(21(24)25)10-16(18)11-20-12-19(23)15-6-5-13-3-1-2-4-14(13)9-15/h1-11,19,22-23H,12H2. The second-order valence-electron chi connectivity index (χ2n) is 5.62. The Morgan fingerprint density at radius 3 is 2.60 bits per heavy atom. The van der Waals surface area contributed by atoms with Gasteiger partial charge in [0.2, 0.25) is 0 Å². The van der Waals surface area contributed by atoms with Gasteiger partial charge in [0.25, 0.3) is 5.69 Å². The number of non-ortho nitro benzene ring substituents is 1. The Labute approximate surface area is 143 Å². The number of phenols is 1. The van der Waals surface area contributed by atoms with Crippen LogP contribution in [0, 0.1) is 10.1 Å². The number of hydrogen-bond acceptors (Lipinski definition) is 5. The lowest BCUT2D eigenvalue weighted by Gasteiger charge is -2.09. The van der Waals surface area contributed by atoms with Crippen molar-refractivity contribution >= 4 is 22.7 Å². The molecular formula is C19H16N2O4. The number of aliphatic hydroxyl groups excluding tert-OH is 1. The van der Waals surface area contributed by atoms with Gasteiger partial charge in [-0.1, -0.05) is 36.4 Å². The van der Waals surface area contributed by atoms with Gasteiger partial charge in [-0.05, 0) is 28.5 Å². The number of hydrogen-bond donors (Lipinski definition) is 2. The van der Waals surface area contributed by atoms with Gasteiger partial charge in [-0.3, -0.25) is 15.1 Å². The Balaban J connectivity index is 1.74. The van der Waals surface area contributed by atoms with Gasteiger partial charge in [-0.25, -0.2) is 0 Å². The zero-order valence-electron chi connectivity index (χ0n) is 13.2. The summed E-state index contributed by atoms with van der Waals surface area (Å²) in [5.74, 6) is -0.102. The number of aliphatic hydroxyl groups is 1. The third-order valence-corrected chi connectivity index (χ3v) is 3.89. The Morgan fingerprint density at radius 2 is 1.84 bits per heavy atom. The lowest BCUT2D eigenvalue weighted by molar-refractivity contribution is -0.384. The van der Waals surface area contributed by atoms with Crippen LogP contribution in [0.2, 0.25) is 0 Å². The van der Waals surface area contributed by atoms with Gasteiger partial charge >= 0.3 is 0 Å². The molecule has 3 aromatic rings. The summed E-state index contributed by atoms with van der Waals surface area (Å²) >= 11 is 0. The van der Waals surface area contributed by atoms with E-state index in [0.717, 1.165) is 16.3 Å². The van der Waals surface area contributed by atoms with Crippen molar-refractivity contribution < 1.29 is 15.1 Å². The van der Waals surface area contributed by atoms with Crippen molar-refractivity contribution in [2.24, 2.45) is 4.99 Å². The molecule has 1 unspecified atom stereocenters. The first-order valence-corrected chi connectivity index (χ1v) is 7.68. The van der Waals surface area contributed by atoms with Crippen molar-refractivity contribution in [2.75, 3.05) is 6.54 Å². The molecule has 0 amide bonds. The summed E-state index contributed by atoms with van der Waals surface area (Å²) in [6, 6.07) is 17.2. The Morgan fingerprint density at radius 1 is 1.08 bits per heavy atom. The lowest BCUT2D eigenvalue weighted by Crippen LogP contribution is -2.02. The van der Waals surface area contributed by atoms with Crippen molar-refractivity contribution in [1.82, 2.24) is 0 Å². The molecule has 0 aliphatic carbocycles. The van der Waals surface area contributed by atoms with E-state index in [1.807, 2.05) is 42.5 Å². The molecule has 1 atom stereocenters. The van der Waals surface area contributed by atoms with Crippen LogP contribution in [0.5, 0.6) is 5.75 Å². The number of aliphatic imine (C=N–C) groups is 1. The molecule has 0 spiro atoms. The van der Waals surface area contributed by atoms with Crippen molar-refractivity contribution in [2.45, 2.75) is 6.10 Å². The molecule has 0 bridgehead atoms. The van der Waals surface area contributed by atoms with Gasteiger partial charge in [-0.15, -0.1) is 0 Å². The van der Waals surface area contributed by atoms with Gasteiger partial charge in [0.1, 0.15) is 5.75 Å². The van der Waals surface area contributed by atoms with E-state index in [2.05, 4.69) is 4.99 Å². The summed E-state index contributed by atoms with van der Waals surface area (Å²) in [7, 11) is 0. The monoisotopic (exact) mass is 336 g/mol. The molecule has 6 nitrogen and oxygen atoms in total. The van der Waals surface area contributed by atoms with E-state index in [1.165, 1.54) is 24.4 Å². The molecule has 0 radical (unpaired) electrons. The number of aromatic hydroxyl groups is 1. The highest BCUT2D eigenvalue weighted by Crippen LogP contribution is 2.23. The zero-order chi connectivity index (χ0) is 17.8. The van der Waals surface area contributed by atoms with Gasteiger partial charge < -0.3 is 10.2 Å². The van der Waals surface area contributed by atoms with Crippen LogP contribution in [0.25, 0.3) is 10.8 Å². The first-order valence-electron chi connectivity index (χ1n) is 7.68. The fourth-order valence-electron chi connectivity index (χ4n) is 2.53. The maximum Gasteiger partial charge on any atom is 0.270 e. The average Bonchev–Trinajstić information content (AvgIpc) is 2.62. The molecule has 0 heterocycles. The molecule has 3 aromatic carbocycles. The van der Waals surface area contributed by atoms with Gasteiger partial charge in [0.15, 0.2) is 0 Å². The molecule has 3 rings (SSSR count). The molecule has 0 aliphatic heterocycles. The highest BCUT2D eigenvalue weighted by atomic mass is 16.6. The smallest absolute Gasteiger partial charge is 0.270 e. The van der Waals surface area contributed by atoms with E-state index in [1.54, 1.807) is 0 Å². The summed E-state index contributed by atoms with van der Waals surface area (Å²) in [5, 5.41) is 32.9. The Kier molecular flexibility index (Phi) is 4.72. The number of nitro benzene ring substituents is 1. The SMILES string of the molecule is O=[N+]([O-])c1ccc(O)c(C=NCC(O)c2ccc3ccccc3c2)c1. The predicted octanol–water partition coefficient (Wildman–Crippen LogP) is 3.61. The topological polar surface area (TPSA) is 96.0 Å². The molecule has 126 valence electrons. The average molecular weight is 336 g/mol. The normalized spacial score (nSPS) is 12.5. The predicted molar refractivity (Wildman–Crippen MR) is 96.1 cm³/mol. The first-order chi connectivity index (χ1) is 12.0. The number of nitro groups is 1. The van der Waals surface area contributed by atoms with E-state index in [4.69, 9.17) is 0 Å². The quantitative estimate of drug-likeness (QED) is 0.423. The van der Waals surface area contributed by atoms with Gasteiger partial charge in [-0.2, -0.15) is 0 Å². The van der Waals surface area contributed by atoms with Crippen LogP contribution in [-0.4, -0.2) is 27.9 Å². The highest BCUT2D eigenvalue weighted by molar-refractivity contribution is 5.85. The van der Waals surface area contributed by atoms with E-state index in [-0.39, 0.29) is 23.5 Å². The van der Waals surface area contributed by atoms with E-state index >= 15 is 0 Å². The Hall–Kier alpha value is -3.25. The molecular weight excluding hydrogens is 320 g/mol. The molecule has 0 fully saturated rings. The molecule has 0 aliphatic rings. The number of nitrogens with zero attached hydrogens (tertiary/aromatic N) is 2. The summed E-state index contributed by atoms with van der Waals surface area (Å²) in [5.41, 5.74) is 0.841. The van der Waals surface area contributed by atoms with Crippen molar-refractivity contribution in [3.8, 4) is 5.75 Å². The van der Waals surface area contributed by atoms with Crippen LogP contribution in [0.4, 0.5) is 5.69 Å². The van der Waals surface area contributed by atoms with Crippen LogP contribution < -0.4 is 0 Å². The summed E-state index contributed by atoms with van der Waals surface area (Å²) < 4.78 is 0. The van der Waals surface area contributed by atoms with Crippen LogP contribution in [0.15, 0.2) is 65.7 Å². The third-order valence-electron chi connectivity index (χ3n) is 3.89. The minimum atomic E-state index is -0.804. The first kappa shape index (κ1) is 16.6. The second-order valence-corrected chi connectivity index (χ2v) is 5.62. The maximum atomic E-state index is 10.8. The largest absolute Gasteiger partial charge is 0.507 e. The van der Waals surface area contributed by atoms with Crippen LogP contribution >= 0.6 is 0 Å². The zero-order valence-corrected chi connectivity index (χ0v) is 13.2. The summed E-state index contributed by atoms with van der Waals surface area (Å²) in [4.78, 5) is 14.3. The van der Waals surface area contributed by atoms with Crippen LogP contribution in [0.1, 0.15) is 17.2 Å². The van der Waals surface area contributed by atoms with Gasteiger partial charge in [0.05, 0.1) is 17.6 Å².